The molecule has 18 heavy (non-hydrogen) atoms. The van der Waals surface area contributed by atoms with Gasteiger partial charge in [0, 0.05) is 12.8 Å². The molecule has 0 atom stereocenters. The average Bonchev–Trinajstić information content (AvgIpc) is 2.40. The van der Waals surface area contributed by atoms with Crippen LogP contribution in [0.5, 0.6) is 0 Å². The maximum atomic E-state index is 12.0. The number of carbonyl (C=O) groups excluding carboxylic acids is 1. The third kappa shape index (κ3) is 3.37. The van der Waals surface area contributed by atoms with Crippen molar-refractivity contribution in [3.63, 3.8) is 0 Å². The molecule has 2 rings (SSSR count). The van der Waals surface area contributed by atoms with Crippen molar-refractivity contribution in [2.75, 3.05) is 7.11 Å². The van der Waals surface area contributed by atoms with Crippen molar-refractivity contribution in [3.8, 4) is 0 Å². The Labute approximate surface area is 109 Å². The summed E-state index contributed by atoms with van der Waals surface area (Å²) >= 11 is 0. The van der Waals surface area contributed by atoms with Crippen molar-refractivity contribution in [3.05, 3.63) is 23.7 Å². The largest absolute Gasteiger partial charge is 0.501 e. The number of esters is 1. The lowest BCUT2D eigenvalue weighted by Gasteiger charge is -2.25. The minimum absolute atomic E-state index is 0.0394. The van der Waals surface area contributed by atoms with Gasteiger partial charge in [0.15, 0.2) is 0 Å². The van der Waals surface area contributed by atoms with Crippen LogP contribution in [0.1, 0.15) is 45.4 Å². The standard InChI is InChI=1S/C15H22O3/c1-11-3-5-12(6-4-11)15(16)18-14-9-7-13(17-2)8-10-14/h7,9,11-12H,3-6,8,10H2,1-2H3. The molecular formula is C15H22O3. The molecule has 0 aromatic rings. The number of allylic oxidation sites excluding steroid dienone is 4. The van der Waals surface area contributed by atoms with Gasteiger partial charge in [0.2, 0.25) is 0 Å². The summed E-state index contributed by atoms with van der Waals surface area (Å²) in [5, 5.41) is 0. The van der Waals surface area contributed by atoms with Crippen LogP contribution in [0.4, 0.5) is 0 Å². The Balaban J connectivity index is 1.85. The number of methoxy groups -OCH3 is 1. The van der Waals surface area contributed by atoms with E-state index in [1.165, 1.54) is 0 Å². The normalized spacial score (nSPS) is 28.1. The molecular weight excluding hydrogens is 228 g/mol. The van der Waals surface area contributed by atoms with Crippen molar-refractivity contribution in [1.29, 1.82) is 0 Å². The van der Waals surface area contributed by atoms with Gasteiger partial charge in [-0.15, -0.1) is 0 Å². The highest BCUT2D eigenvalue weighted by molar-refractivity contribution is 5.73. The van der Waals surface area contributed by atoms with E-state index in [4.69, 9.17) is 9.47 Å². The van der Waals surface area contributed by atoms with Crippen LogP contribution in [0.15, 0.2) is 23.7 Å². The van der Waals surface area contributed by atoms with Crippen LogP contribution in [-0.2, 0) is 14.3 Å². The Hall–Kier alpha value is -1.25. The molecule has 0 aliphatic heterocycles. The molecule has 0 bridgehead atoms. The zero-order valence-electron chi connectivity index (χ0n) is 11.3. The fraction of sp³-hybridized carbons (Fsp3) is 0.667. The molecule has 0 aromatic heterocycles. The SMILES string of the molecule is COC1=CC=C(OC(=O)C2CCC(C)CC2)CC1. The van der Waals surface area contributed by atoms with E-state index in [2.05, 4.69) is 6.92 Å². The van der Waals surface area contributed by atoms with Crippen LogP contribution in [0.3, 0.4) is 0 Å². The van der Waals surface area contributed by atoms with Crippen LogP contribution in [0, 0.1) is 11.8 Å². The lowest BCUT2D eigenvalue weighted by molar-refractivity contribution is -0.145. The zero-order valence-corrected chi connectivity index (χ0v) is 11.3. The fourth-order valence-electron chi connectivity index (χ4n) is 2.56. The Bertz CT molecular complexity index is 360. The minimum Gasteiger partial charge on any atom is -0.501 e. The monoisotopic (exact) mass is 250 g/mol. The first-order valence-corrected chi connectivity index (χ1v) is 6.84. The lowest BCUT2D eigenvalue weighted by Crippen LogP contribution is -2.23. The van der Waals surface area contributed by atoms with E-state index in [-0.39, 0.29) is 11.9 Å². The molecule has 100 valence electrons. The van der Waals surface area contributed by atoms with Gasteiger partial charge in [-0.25, -0.2) is 0 Å². The summed E-state index contributed by atoms with van der Waals surface area (Å²) in [5.41, 5.74) is 0. The fourth-order valence-corrected chi connectivity index (χ4v) is 2.56. The molecule has 0 N–H and O–H groups in total. The van der Waals surface area contributed by atoms with Crippen LogP contribution in [-0.4, -0.2) is 13.1 Å². The molecule has 2 aliphatic carbocycles. The Kier molecular flexibility index (Phi) is 4.45. The van der Waals surface area contributed by atoms with Crippen LogP contribution in [0.2, 0.25) is 0 Å². The van der Waals surface area contributed by atoms with Crippen molar-refractivity contribution in [2.45, 2.75) is 45.4 Å². The highest BCUT2D eigenvalue weighted by Gasteiger charge is 2.26. The van der Waals surface area contributed by atoms with Crippen LogP contribution in [0.25, 0.3) is 0 Å². The molecule has 1 fully saturated rings. The van der Waals surface area contributed by atoms with Gasteiger partial charge in [-0.3, -0.25) is 4.79 Å². The Morgan fingerprint density at radius 2 is 1.72 bits per heavy atom. The third-order valence-electron chi connectivity index (χ3n) is 3.92. The summed E-state index contributed by atoms with van der Waals surface area (Å²) in [6.07, 6.45) is 9.56. The van der Waals surface area contributed by atoms with E-state index in [9.17, 15) is 4.79 Å². The smallest absolute Gasteiger partial charge is 0.314 e. The molecule has 0 aromatic carbocycles. The maximum absolute atomic E-state index is 12.0. The van der Waals surface area contributed by atoms with Crippen molar-refractivity contribution in [2.24, 2.45) is 11.8 Å². The summed E-state index contributed by atoms with van der Waals surface area (Å²) in [5.74, 6) is 2.55. The molecule has 2 aliphatic rings. The summed E-state index contributed by atoms with van der Waals surface area (Å²) in [7, 11) is 1.67. The first kappa shape index (κ1) is 13.2. The predicted molar refractivity (Wildman–Crippen MR) is 69.6 cm³/mol. The van der Waals surface area contributed by atoms with E-state index >= 15 is 0 Å². The van der Waals surface area contributed by atoms with Gasteiger partial charge in [-0.2, -0.15) is 0 Å². The second-order valence-electron chi connectivity index (χ2n) is 5.35. The number of ether oxygens (including phenoxy) is 2. The number of hydrogen-bond acceptors (Lipinski definition) is 3. The molecule has 0 radical (unpaired) electrons. The highest BCUT2D eigenvalue weighted by Crippen LogP contribution is 2.30. The predicted octanol–water partition coefficient (Wildman–Crippen LogP) is 3.56. The highest BCUT2D eigenvalue weighted by atomic mass is 16.5. The number of carbonyl (C=O) groups is 1. The third-order valence-corrected chi connectivity index (χ3v) is 3.92. The first-order valence-electron chi connectivity index (χ1n) is 6.84. The molecule has 3 heteroatoms. The Morgan fingerprint density at radius 3 is 2.28 bits per heavy atom. The quantitative estimate of drug-likeness (QED) is 0.718. The molecule has 0 unspecified atom stereocenters. The second-order valence-corrected chi connectivity index (χ2v) is 5.35. The number of hydrogen-bond donors (Lipinski definition) is 0. The van der Waals surface area contributed by atoms with E-state index in [0.29, 0.717) is 0 Å². The topological polar surface area (TPSA) is 35.5 Å². The van der Waals surface area contributed by atoms with E-state index in [1.54, 1.807) is 7.11 Å². The molecule has 0 heterocycles. The first-order chi connectivity index (χ1) is 8.69. The lowest BCUT2D eigenvalue weighted by atomic mass is 9.83. The molecule has 0 amide bonds. The summed E-state index contributed by atoms with van der Waals surface area (Å²) < 4.78 is 10.6. The van der Waals surface area contributed by atoms with Gasteiger partial charge in [-0.1, -0.05) is 6.92 Å². The molecule has 0 spiro atoms. The van der Waals surface area contributed by atoms with Crippen LogP contribution < -0.4 is 0 Å². The second kappa shape index (κ2) is 6.07. The van der Waals surface area contributed by atoms with Crippen molar-refractivity contribution >= 4 is 5.97 Å². The van der Waals surface area contributed by atoms with Crippen molar-refractivity contribution < 1.29 is 14.3 Å². The molecule has 1 saturated carbocycles. The van der Waals surface area contributed by atoms with Gasteiger partial charge < -0.3 is 9.47 Å². The van der Waals surface area contributed by atoms with Gasteiger partial charge in [0.1, 0.15) is 5.76 Å². The Morgan fingerprint density at radius 1 is 1.11 bits per heavy atom. The van der Waals surface area contributed by atoms with E-state index in [0.717, 1.165) is 56.0 Å². The summed E-state index contributed by atoms with van der Waals surface area (Å²) in [6.45, 7) is 2.25. The van der Waals surface area contributed by atoms with Gasteiger partial charge in [0.05, 0.1) is 18.8 Å². The molecule has 3 nitrogen and oxygen atoms in total. The average molecular weight is 250 g/mol. The zero-order chi connectivity index (χ0) is 13.0. The van der Waals surface area contributed by atoms with Gasteiger partial charge >= 0.3 is 5.97 Å². The molecule has 0 saturated heterocycles. The van der Waals surface area contributed by atoms with Gasteiger partial charge in [-0.05, 0) is 43.8 Å². The van der Waals surface area contributed by atoms with Gasteiger partial charge in [0.25, 0.3) is 0 Å². The summed E-state index contributed by atoms with van der Waals surface area (Å²) in [4.78, 5) is 12.0. The maximum Gasteiger partial charge on any atom is 0.314 e. The van der Waals surface area contributed by atoms with E-state index in [1.807, 2.05) is 12.2 Å². The number of rotatable bonds is 3. The summed E-state index contributed by atoms with van der Waals surface area (Å²) in [6, 6.07) is 0. The minimum atomic E-state index is -0.0394. The van der Waals surface area contributed by atoms with E-state index < -0.39 is 0 Å². The van der Waals surface area contributed by atoms with Crippen molar-refractivity contribution in [1.82, 2.24) is 0 Å². The van der Waals surface area contributed by atoms with Crippen LogP contribution >= 0.6 is 0 Å².